The molecule has 2 rings (SSSR count). The van der Waals surface area contributed by atoms with Crippen molar-refractivity contribution in [1.29, 1.82) is 5.53 Å². The number of benzene rings is 1. The Morgan fingerprint density at radius 1 is 1.20 bits per heavy atom. The maximum absolute atomic E-state index is 13.4. The van der Waals surface area contributed by atoms with Crippen molar-refractivity contribution < 1.29 is 23.2 Å². The van der Waals surface area contributed by atoms with Gasteiger partial charge in [0.1, 0.15) is 5.69 Å². The van der Waals surface area contributed by atoms with Crippen LogP contribution in [-0.2, 0) is 11.8 Å². The average Bonchev–Trinajstić information content (AvgIpc) is 2.93. The fourth-order valence-electron chi connectivity index (χ4n) is 2.87. The van der Waals surface area contributed by atoms with Crippen LogP contribution in [0.5, 0.6) is 0 Å². The first kappa shape index (κ1) is 22.3. The molecule has 158 valence electrons. The minimum Gasteiger partial charge on any atom is -0.343 e. The van der Waals surface area contributed by atoms with Crippen LogP contribution in [0.4, 0.5) is 14.5 Å². The molecule has 0 atom stereocenters. The van der Waals surface area contributed by atoms with E-state index in [0.717, 1.165) is 12.1 Å². The number of nitrogens with one attached hydrogen (secondary N) is 3. The monoisotopic (exact) mass is 419 g/mol. The highest BCUT2D eigenvalue weighted by atomic mass is 19.2. The molecule has 0 fully saturated rings. The van der Waals surface area contributed by atoms with Gasteiger partial charge in [-0.2, -0.15) is 5.10 Å². The Kier molecular flexibility index (Phi) is 6.72. The van der Waals surface area contributed by atoms with E-state index >= 15 is 0 Å². The molecule has 12 heteroatoms. The summed E-state index contributed by atoms with van der Waals surface area (Å²) in [6.45, 7) is 2.71. The smallest absolute Gasteiger partial charge is 0.292 e. The summed E-state index contributed by atoms with van der Waals surface area (Å²) in [5, 5.41) is 10.8. The highest BCUT2D eigenvalue weighted by Gasteiger charge is 2.28. The molecule has 0 saturated carbocycles. The van der Waals surface area contributed by atoms with Crippen molar-refractivity contribution in [2.45, 2.75) is 13.8 Å². The van der Waals surface area contributed by atoms with Gasteiger partial charge in [-0.15, -0.1) is 5.11 Å². The van der Waals surface area contributed by atoms with Crippen LogP contribution in [0.2, 0.25) is 0 Å². The number of hydrogen-bond donors (Lipinski definition) is 4. The number of ketones is 1. The Balaban J connectivity index is 2.30. The number of nitrogens with zero attached hydrogens (tertiary/aromatic N) is 3. The summed E-state index contributed by atoms with van der Waals surface area (Å²) in [5.74, 6) is 0.0393. The Labute approximate surface area is 169 Å². The van der Waals surface area contributed by atoms with Gasteiger partial charge < -0.3 is 21.0 Å². The predicted molar refractivity (Wildman–Crippen MR) is 103 cm³/mol. The highest BCUT2D eigenvalue weighted by molar-refractivity contribution is 6.44. The van der Waals surface area contributed by atoms with Gasteiger partial charge >= 0.3 is 0 Å². The van der Waals surface area contributed by atoms with Crippen LogP contribution in [-0.4, -0.2) is 34.5 Å². The molecule has 0 aliphatic rings. The second kappa shape index (κ2) is 9.03. The van der Waals surface area contributed by atoms with E-state index in [-0.39, 0.29) is 34.9 Å². The van der Waals surface area contributed by atoms with Crippen LogP contribution in [0.3, 0.4) is 0 Å². The summed E-state index contributed by atoms with van der Waals surface area (Å²) in [4.78, 5) is 37.5. The van der Waals surface area contributed by atoms with E-state index in [0.29, 0.717) is 5.69 Å². The van der Waals surface area contributed by atoms with Crippen LogP contribution < -0.4 is 16.5 Å². The third-order valence-electron chi connectivity index (χ3n) is 4.44. The average molecular weight is 419 g/mol. The molecule has 0 bridgehead atoms. The molecule has 0 spiro atoms. The van der Waals surface area contributed by atoms with Crippen molar-refractivity contribution in [1.82, 2.24) is 9.88 Å². The van der Waals surface area contributed by atoms with Crippen molar-refractivity contribution in [3.63, 3.8) is 0 Å². The normalized spacial score (nSPS) is 11.2. The topological polar surface area (TPSA) is 155 Å². The molecule has 0 radical (unpaired) electrons. The van der Waals surface area contributed by atoms with Crippen LogP contribution in [0.15, 0.2) is 28.4 Å². The molecular weight excluding hydrogens is 400 g/mol. The number of aromatic nitrogens is 1. The molecule has 1 heterocycles. The molecule has 5 N–H and O–H groups in total. The Bertz CT molecular complexity index is 1080. The van der Waals surface area contributed by atoms with Gasteiger partial charge in [-0.05, 0) is 31.5 Å². The molecule has 2 aromatic rings. The second-order valence-corrected chi connectivity index (χ2v) is 6.24. The van der Waals surface area contributed by atoms with E-state index in [1.165, 1.54) is 24.6 Å². The Morgan fingerprint density at radius 2 is 1.87 bits per heavy atom. The lowest BCUT2D eigenvalue weighted by molar-refractivity contribution is -0.116. The van der Waals surface area contributed by atoms with E-state index in [1.54, 1.807) is 6.92 Å². The van der Waals surface area contributed by atoms with Crippen molar-refractivity contribution >= 4 is 29.1 Å². The van der Waals surface area contributed by atoms with Gasteiger partial charge in [0.25, 0.3) is 17.6 Å². The van der Waals surface area contributed by atoms with E-state index < -0.39 is 29.2 Å². The third-order valence-corrected chi connectivity index (χ3v) is 4.44. The van der Waals surface area contributed by atoms with Crippen LogP contribution in [0.25, 0.3) is 0 Å². The fourth-order valence-corrected chi connectivity index (χ4v) is 2.87. The largest absolute Gasteiger partial charge is 0.343 e. The summed E-state index contributed by atoms with van der Waals surface area (Å²) < 4.78 is 27.9. The molecule has 2 amide bonds. The van der Waals surface area contributed by atoms with Gasteiger partial charge in [-0.25, -0.2) is 14.3 Å². The molecule has 0 aliphatic heterocycles. The van der Waals surface area contributed by atoms with Crippen molar-refractivity contribution in [3.05, 3.63) is 52.3 Å². The summed E-state index contributed by atoms with van der Waals surface area (Å²) >= 11 is 0. The van der Waals surface area contributed by atoms with Crippen LogP contribution >= 0.6 is 0 Å². The Hall–Kier alpha value is -3.96. The molecular formula is C18H19F2N7O3. The molecule has 10 nitrogen and oxygen atoms in total. The zero-order chi connectivity index (χ0) is 22.6. The van der Waals surface area contributed by atoms with Crippen molar-refractivity contribution in [2.24, 2.45) is 23.1 Å². The minimum absolute atomic E-state index is 0.0134. The molecule has 0 aliphatic carbocycles. The van der Waals surface area contributed by atoms with Crippen molar-refractivity contribution in [2.75, 3.05) is 11.9 Å². The number of hydrazone groups is 1. The fraction of sp³-hybridized carbons (Fsp3) is 0.222. The van der Waals surface area contributed by atoms with E-state index in [1.807, 2.05) is 0 Å². The second-order valence-electron chi connectivity index (χ2n) is 6.24. The summed E-state index contributed by atoms with van der Waals surface area (Å²) in [6.07, 6.45) is 0. The number of nitrogens with two attached hydrogens (primary N) is 1. The lowest BCUT2D eigenvalue weighted by atomic mass is 10.0. The van der Waals surface area contributed by atoms with Crippen LogP contribution in [0.1, 0.15) is 32.1 Å². The number of rotatable bonds is 6. The lowest BCUT2D eigenvalue weighted by Gasteiger charge is -2.08. The predicted octanol–water partition coefficient (Wildman–Crippen LogP) is 1.77. The number of anilines is 1. The van der Waals surface area contributed by atoms with Gasteiger partial charge in [-0.3, -0.25) is 14.4 Å². The number of hydrogen-bond acceptors (Lipinski definition) is 6. The maximum atomic E-state index is 13.4. The zero-order valence-corrected chi connectivity index (χ0v) is 16.3. The van der Waals surface area contributed by atoms with E-state index in [4.69, 9.17) is 11.4 Å². The highest BCUT2D eigenvalue weighted by Crippen LogP contribution is 2.23. The van der Waals surface area contributed by atoms with Crippen LogP contribution in [0, 0.1) is 31.0 Å². The minimum atomic E-state index is -1.13. The number of Topliss-reactive ketones (excluding diaryl/α,β-unsaturated/α-hetero) is 1. The van der Waals surface area contributed by atoms with Gasteiger partial charge in [-0.1, -0.05) is 0 Å². The van der Waals surface area contributed by atoms with Gasteiger partial charge in [0.05, 0.1) is 12.1 Å². The number of carbonyl (C=O) groups excluding carboxylic acids is 3. The number of amides is 2. The molecule has 0 unspecified atom stereocenters. The lowest BCUT2D eigenvalue weighted by Crippen LogP contribution is -2.35. The summed E-state index contributed by atoms with van der Waals surface area (Å²) in [5.41, 5.74) is 7.51. The Morgan fingerprint density at radius 3 is 2.43 bits per heavy atom. The number of amidine groups is 1. The van der Waals surface area contributed by atoms with Crippen molar-refractivity contribution in [3.8, 4) is 0 Å². The first-order chi connectivity index (χ1) is 14.1. The molecule has 0 saturated heterocycles. The number of carbonyl (C=O) groups is 3. The quantitative estimate of drug-likeness (QED) is 0.107. The molecule has 1 aromatic carbocycles. The third kappa shape index (κ3) is 4.37. The molecule has 1 aromatic heterocycles. The first-order valence-electron chi connectivity index (χ1n) is 8.51. The van der Waals surface area contributed by atoms with E-state index in [9.17, 15) is 23.2 Å². The maximum Gasteiger partial charge on any atom is 0.292 e. The SMILES string of the molecule is Cc1c(C(=O)C(=O)NC/C(N=N)=N/N)c(C)n(C)c1C(=O)Nc1ccc(F)c(F)c1. The van der Waals surface area contributed by atoms with Gasteiger partial charge in [0.15, 0.2) is 17.5 Å². The first-order valence-corrected chi connectivity index (χ1v) is 8.51. The zero-order valence-electron chi connectivity index (χ0n) is 16.3. The standard InChI is InChI=1S/C18H19F2N7O3/c1-8-14(16(28)18(30)23-7-13(25-21)26-22)9(2)27(3)15(8)17(29)24-10-4-5-11(19)12(20)6-10/h4-6,21H,7,22H2,1-3H3,(H,23,30)(H,24,29)/b25-21?,26-13-. The number of halogens is 2. The van der Waals surface area contributed by atoms with E-state index in [2.05, 4.69) is 20.8 Å². The summed E-state index contributed by atoms with van der Waals surface area (Å²) in [7, 11) is 1.52. The van der Waals surface area contributed by atoms with Gasteiger partial charge in [0.2, 0.25) is 0 Å². The molecule has 30 heavy (non-hydrogen) atoms. The van der Waals surface area contributed by atoms with Gasteiger partial charge in [0, 0.05) is 24.5 Å². The summed E-state index contributed by atoms with van der Waals surface area (Å²) in [6, 6.07) is 2.89.